The summed E-state index contributed by atoms with van der Waals surface area (Å²) in [5.74, 6) is 1.64. The summed E-state index contributed by atoms with van der Waals surface area (Å²) >= 11 is 1.53. The molecule has 0 radical (unpaired) electrons. The van der Waals surface area contributed by atoms with E-state index in [-0.39, 0.29) is 6.61 Å². The van der Waals surface area contributed by atoms with Crippen LogP contribution in [-0.4, -0.2) is 24.7 Å². The first-order chi connectivity index (χ1) is 13.1. The molecule has 0 aliphatic rings. The number of esters is 1. The molecule has 0 N–H and O–H groups in total. The Balaban J connectivity index is 1.68. The predicted molar refractivity (Wildman–Crippen MR) is 102 cm³/mol. The van der Waals surface area contributed by atoms with Crippen LogP contribution in [0.2, 0.25) is 0 Å². The largest absolute Gasteiger partial charge is 0.493 e. The Hall–Kier alpha value is -3.06. The Morgan fingerprint density at radius 3 is 2.89 bits per heavy atom. The van der Waals surface area contributed by atoms with Crippen LogP contribution < -0.4 is 9.47 Å². The minimum Gasteiger partial charge on any atom is -0.493 e. The average molecular weight is 385 g/mol. The number of benzene rings is 1. The number of aromatic nitrogens is 1. The van der Waals surface area contributed by atoms with Crippen LogP contribution in [0.5, 0.6) is 11.5 Å². The molecule has 0 saturated carbocycles. The third-order valence-electron chi connectivity index (χ3n) is 3.72. The third kappa shape index (κ3) is 4.38. The molecule has 0 fully saturated rings. The first kappa shape index (κ1) is 18.7. The molecule has 2 aromatic heterocycles. The van der Waals surface area contributed by atoms with Gasteiger partial charge in [-0.3, -0.25) is 0 Å². The number of aryl methyl sites for hydroxylation is 1. The lowest BCUT2D eigenvalue weighted by Gasteiger charge is -2.10. The number of oxazole rings is 1. The maximum absolute atomic E-state index is 12.4. The molecule has 0 aliphatic carbocycles. The summed E-state index contributed by atoms with van der Waals surface area (Å²) in [4.78, 5) is 17.7. The Labute approximate surface area is 161 Å². The van der Waals surface area contributed by atoms with E-state index >= 15 is 0 Å². The Morgan fingerprint density at radius 1 is 1.33 bits per heavy atom. The Kier molecular flexibility index (Phi) is 5.93. The number of carbonyl (C=O) groups excluding carboxylic acids is 1. The maximum atomic E-state index is 12.4. The number of ether oxygens (including phenoxy) is 3. The lowest BCUT2D eigenvalue weighted by molar-refractivity contribution is 0.0466. The molecule has 3 rings (SSSR count). The molecule has 0 aliphatic heterocycles. The van der Waals surface area contributed by atoms with Crippen LogP contribution in [0, 0.1) is 6.92 Å². The molecule has 0 unspecified atom stereocenters. The van der Waals surface area contributed by atoms with Crippen molar-refractivity contribution in [2.45, 2.75) is 13.5 Å². The van der Waals surface area contributed by atoms with Crippen molar-refractivity contribution in [3.05, 3.63) is 65.4 Å². The summed E-state index contributed by atoms with van der Waals surface area (Å²) in [5.41, 5.74) is 0.946. The van der Waals surface area contributed by atoms with Gasteiger partial charge in [0.25, 0.3) is 0 Å². The molecule has 6 nitrogen and oxygen atoms in total. The zero-order valence-electron chi connectivity index (χ0n) is 15.1. The van der Waals surface area contributed by atoms with E-state index in [9.17, 15) is 4.79 Å². The van der Waals surface area contributed by atoms with E-state index in [2.05, 4.69) is 11.6 Å². The fourth-order valence-electron chi connectivity index (χ4n) is 2.35. The van der Waals surface area contributed by atoms with E-state index in [0.717, 1.165) is 4.88 Å². The first-order valence-corrected chi connectivity index (χ1v) is 9.09. The summed E-state index contributed by atoms with van der Waals surface area (Å²) in [5, 5.41) is 1.95. The molecule has 3 aromatic rings. The first-order valence-electron chi connectivity index (χ1n) is 8.21. The molecule has 7 heteroatoms. The third-order valence-corrected chi connectivity index (χ3v) is 4.58. The minimum absolute atomic E-state index is 0.0244. The minimum atomic E-state index is -0.483. The number of nitrogens with zero attached hydrogens (tertiary/aromatic N) is 1. The van der Waals surface area contributed by atoms with Gasteiger partial charge in [0.1, 0.15) is 24.7 Å². The van der Waals surface area contributed by atoms with Gasteiger partial charge in [-0.25, -0.2) is 9.78 Å². The van der Waals surface area contributed by atoms with Gasteiger partial charge in [-0.15, -0.1) is 11.3 Å². The predicted octanol–water partition coefficient (Wildman–Crippen LogP) is 4.64. The molecule has 0 spiro atoms. The van der Waals surface area contributed by atoms with Gasteiger partial charge in [-0.2, -0.15) is 0 Å². The summed E-state index contributed by atoms with van der Waals surface area (Å²) in [6.45, 7) is 5.77. The van der Waals surface area contributed by atoms with Gasteiger partial charge < -0.3 is 18.6 Å². The molecule has 2 heterocycles. The van der Waals surface area contributed by atoms with Gasteiger partial charge in [0.2, 0.25) is 5.89 Å². The normalized spacial score (nSPS) is 10.4. The van der Waals surface area contributed by atoms with Gasteiger partial charge in [0, 0.05) is 0 Å². The zero-order valence-corrected chi connectivity index (χ0v) is 15.9. The quantitative estimate of drug-likeness (QED) is 0.415. The molecule has 0 saturated heterocycles. The second kappa shape index (κ2) is 8.55. The molecular formula is C20H19NO5S. The van der Waals surface area contributed by atoms with Crippen LogP contribution in [0.3, 0.4) is 0 Å². The highest BCUT2D eigenvalue weighted by Crippen LogP contribution is 2.29. The maximum Gasteiger partial charge on any atom is 0.338 e. The van der Waals surface area contributed by atoms with Crippen molar-refractivity contribution < 1.29 is 23.4 Å². The van der Waals surface area contributed by atoms with E-state index < -0.39 is 5.97 Å². The van der Waals surface area contributed by atoms with Crippen molar-refractivity contribution in [3.63, 3.8) is 0 Å². The van der Waals surface area contributed by atoms with Crippen molar-refractivity contribution >= 4 is 17.3 Å². The average Bonchev–Trinajstić information content (AvgIpc) is 3.34. The number of thiophene rings is 1. The van der Waals surface area contributed by atoms with E-state index in [0.29, 0.717) is 41.0 Å². The van der Waals surface area contributed by atoms with Gasteiger partial charge >= 0.3 is 5.97 Å². The van der Waals surface area contributed by atoms with Crippen LogP contribution in [-0.2, 0) is 11.3 Å². The lowest BCUT2D eigenvalue weighted by atomic mass is 10.2. The number of hydrogen-bond acceptors (Lipinski definition) is 7. The second-order valence-corrected chi connectivity index (χ2v) is 6.49. The van der Waals surface area contributed by atoms with E-state index in [1.54, 1.807) is 31.2 Å². The Morgan fingerprint density at radius 2 is 2.19 bits per heavy atom. The van der Waals surface area contributed by atoms with Crippen molar-refractivity contribution in [1.82, 2.24) is 4.98 Å². The highest BCUT2D eigenvalue weighted by molar-refractivity contribution is 7.13. The van der Waals surface area contributed by atoms with Crippen LogP contribution >= 0.6 is 11.3 Å². The van der Waals surface area contributed by atoms with E-state index in [4.69, 9.17) is 18.6 Å². The molecule has 0 bridgehead atoms. The van der Waals surface area contributed by atoms with Crippen LogP contribution in [0.4, 0.5) is 0 Å². The molecule has 27 heavy (non-hydrogen) atoms. The summed E-state index contributed by atoms with van der Waals surface area (Å²) in [7, 11) is 1.51. The number of rotatable bonds is 8. The molecular weight excluding hydrogens is 366 g/mol. The summed E-state index contributed by atoms with van der Waals surface area (Å²) in [6.07, 6.45) is 1.63. The SMILES string of the molecule is C=CCOc1ccc(C(=O)OCc2nc(-c3cccs3)oc2C)cc1OC. The monoisotopic (exact) mass is 385 g/mol. The van der Waals surface area contributed by atoms with Crippen LogP contribution in [0.25, 0.3) is 10.8 Å². The summed E-state index contributed by atoms with van der Waals surface area (Å²) < 4.78 is 21.8. The number of carbonyl (C=O) groups is 1. The molecule has 140 valence electrons. The lowest BCUT2D eigenvalue weighted by Crippen LogP contribution is -2.07. The van der Waals surface area contributed by atoms with Crippen molar-refractivity contribution in [2.75, 3.05) is 13.7 Å². The summed E-state index contributed by atoms with van der Waals surface area (Å²) in [6, 6.07) is 8.71. The number of hydrogen-bond donors (Lipinski definition) is 0. The molecule has 1 aromatic carbocycles. The smallest absolute Gasteiger partial charge is 0.338 e. The highest BCUT2D eigenvalue weighted by atomic mass is 32.1. The fourth-order valence-corrected chi connectivity index (χ4v) is 3.00. The van der Waals surface area contributed by atoms with E-state index in [1.807, 2.05) is 17.5 Å². The second-order valence-electron chi connectivity index (χ2n) is 5.54. The molecule has 0 amide bonds. The zero-order chi connectivity index (χ0) is 19.2. The van der Waals surface area contributed by atoms with Gasteiger partial charge in [-0.1, -0.05) is 18.7 Å². The molecule has 0 atom stereocenters. The topological polar surface area (TPSA) is 70.8 Å². The van der Waals surface area contributed by atoms with Gasteiger partial charge in [-0.05, 0) is 36.6 Å². The standard InChI is InChI=1S/C20H19NO5S/c1-4-9-24-16-8-7-14(11-17(16)23-3)20(22)25-12-15-13(2)26-19(21-15)18-6-5-10-27-18/h4-8,10-11H,1,9,12H2,2-3H3. The van der Waals surface area contributed by atoms with E-state index in [1.165, 1.54) is 18.4 Å². The van der Waals surface area contributed by atoms with Crippen LogP contribution in [0.1, 0.15) is 21.8 Å². The van der Waals surface area contributed by atoms with Gasteiger partial charge in [0.15, 0.2) is 11.5 Å². The number of methoxy groups -OCH3 is 1. The van der Waals surface area contributed by atoms with Crippen molar-refractivity contribution in [1.29, 1.82) is 0 Å². The van der Waals surface area contributed by atoms with Crippen molar-refractivity contribution in [3.8, 4) is 22.3 Å². The fraction of sp³-hybridized carbons (Fsp3) is 0.200. The Bertz CT molecular complexity index is 930. The van der Waals surface area contributed by atoms with Crippen LogP contribution in [0.15, 0.2) is 52.8 Å². The van der Waals surface area contributed by atoms with Crippen molar-refractivity contribution in [2.24, 2.45) is 0 Å². The highest BCUT2D eigenvalue weighted by Gasteiger charge is 2.16. The van der Waals surface area contributed by atoms with Gasteiger partial charge in [0.05, 0.1) is 17.6 Å².